The summed E-state index contributed by atoms with van der Waals surface area (Å²) < 4.78 is 1.72. The Bertz CT molecular complexity index is 1360. The van der Waals surface area contributed by atoms with Crippen LogP contribution in [0.1, 0.15) is 27.7 Å². The van der Waals surface area contributed by atoms with Gasteiger partial charge in [0.1, 0.15) is 23.3 Å². The number of amides is 1. The molecule has 5 N–H and O–H groups in total. The molecule has 7 nitrogen and oxygen atoms in total. The first-order valence-corrected chi connectivity index (χ1v) is 11.1. The summed E-state index contributed by atoms with van der Waals surface area (Å²) in [5.41, 5.74) is 9.69. The number of aromatic nitrogens is 1. The molecule has 0 saturated heterocycles. The number of fused-ring (bicyclic) bond motifs is 1. The van der Waals surface area contributed by atoms with Crippen LogP contribution in [0.4, 0.5) is 5.69 Å². The molecule has 4 rings (SSSR count). The number of benzene rings is 3. The van der Waals surface area contributed by atoms with Crippen molar-refractivity contribution in [1.29, 1.82) is 5.41 Å². The summed E-state index contributed by atoms with van der Waals surface area (Å²) in [5, 5.41) is 22.6. The lowest BCUT2D eigenvalue weighted by Gasteiger charge is -2.22. The number of nitrogens with one attached hydrogen (secondary N) is 2. The standard InChI is InChI=1S/C26H26ClN5O2/c1-31(2)20-9-6-16(7-10-20)15-30-26(34)23-14-18-12-19(27)8-11-22(18)32(23)24(25(28)29)17-4-3-5-21(33)13-17/h3-14,24,33H,15H2,1-2H3,(H3,28,29)(H,30,34). The van der Waals surface area contributed by atoms with Crippen LogP contribution in [0.2, 0.25) is 5.02 Å². The highest BCUT2D eigenvalue weighted by Gasteiger charge is 2.26. The molecule has 1 aromatic heterocycles. The molecule has 0 aliphatic rings. The van der Waals surface area contributed by atoms with Crippen molar-refractivity contribution in [3.8, 4) is 5.75 Å². The van der Waals surface area contributed by atoms with E-state index in [1.165, 1.54) is 0 Å². The highest BCUT2D eigenvalue weighted by Crippen LogP contribution is 2.31. The molecule has 3 aromatic carbocycles. The zero-order valence-corrected chi connectivity index (χ0v) is 19.7. The first-order chi connectivity index (χ1) is 16.2. The number of halogens is 1. The lowest BCUT2D eigenvalue weighted by Crippen LogP contribution is -2.32. The van der Waals surface area contributed by atoms with Crippen LogP contribution < -0.4 is 16.0 Å². The summed E-state index contributed by atoms with van der Waals surface area (Å²) in [6.07, 6.45) is 0. The first-order valence-electron chi connectivity index (χ1n) is 10.7. The first kappa shape index (κ1) is 23.2. The number of carbonyl (C=O) groups is 1. The molecular formula is C26H26ClN5O2. The molecule has 174 valence electrons. The van der Waals surface area contributed by atoms with E-state index in [1.807, 2.05) is 43.3 Å². The Labute approximate surface area is 202 Å². The second kappa shape index (κ2) is 9.49. The Morgan fingerprint density at radius 2 is 1.85 bits per heavy atom. The topological polar surface area (TPSA) is 107 Å². The SMILES string of the molecule is CN(C)c1ccc(CNC(=O)c2cc3cc(Cl)ccc3n2C(C(=N)N)c2cccc(O)c2)cc1. The minimum Gasteiger partial charge on any atom is -0.508 e. The van der Waals surface area contributed by atoms with Crippen LogP contribution in [-0.4, -0.2) is 35.5 Å². The van der Waals surface area contributed by atoms with E-state index >= 15 is 0 Å². The average Bonchev–Trinajstić information content (AvgIpc) is 3.16. The highest BCUT2D eigenvalue weighted by molar-refractivity contribution is 6.31. The van der Waals surface area contributed by atoms with E-state index in [0.717, 1.165) is 16.6 Å². The summed E-state index contributed by atoms with van der Waals surface area (Å²) in [5.74, 6) is -0.419. The Morgan fingerprint density at radius 1 is 1.12 bits per heavy atom. The van der Waals surface area contributed by atoms with Crippen molar-refractivity contribution in [2.24, 2.45) is 5.73 Å². The van der Waals surface area contributed by atoms with Gasteiger partial charge in [0.2, 0.25) is 0 Å². The molecule has 4 aromatic rings. The molecule has 8 heteroatoms. The van der Waals surface area contributed by atoms with Crippen molar-refractivity contribution in [3.05, 3.63) is 94.6 Å². The van der Waals surface area contributed by atoms with Gasteiger partial charge in [-0.2, -0.15) is 0 Å². The van der Waals surface area contributed by atoms with Gasteiger partial charge in [-0.25, -0.2) is 0 Å². The molecule has 1 unspecified atom stereocenters. The van der Waals surface area contributed by atoms with Crippen LogP contribution in [0.25, 0.3) is 10.9 Å². The molecule has 0 aliphatic carbocycles. The minimum absolute atomic E-state index is 0.0513. The van der Waals surface area contributed by atoms with Gasteiger partial charge in [-0.15, -0.1) is 0 Å². The average molecular weight is 476 g/mol. The fraction of sp³-hybridized carbons (Fsp3) is 0.154. The Morgan fingerprint density at radius 3 is 2.50 bits per heavy atom. The number of anilines is 1. The van der Waals surface area contributed by atoms with E-state index in [9.17, 15) is 9.90 Å². The van der Waals surface area contributed by atoms with Crippen molar-refractivity contribution < 1.29 is 9.90 Å². The molecule has 1 amide bonds. The maximum Gasteiger partial charge on any atom is 0.268 e. The number of phenols is 1. The van der Waals surface area contributed by atoms with Crippen LogP contribution in [0, 0.1) is 5.41 Å². The zero-order valence-electron chi connectivity index (χ0n) is 18.9. The number of nitrogens with two attached hydrogens (primary N) is 1. The third-order valence-electron chi connectivity index (χ3n) is 5.68. The van der Waals surface area contributed by atoms with Gasteiger partial charge in [-0.1, -0.05) is 35.9 Å². The van der Waals surface area contributed by atoms with Crippen LogP contribution in [-0.2, 0) is 6.54 Å². The predicted molar refractivity (Wildman–Crippen MR) is 137 cm³/mol. The number of carbonyl (C=O) groups excluding carboxylic acids is 1. The Balaban J connectivity index is 1.74. The van der Waals surface area contributed by atoms with Gasteiger partial charge < -0.3 is 25.6 Å². The van der Waals surface area contributed by atoms with Gasteiger partial charge in [0.15, 0.2) is 0 Å². The van der Waals surface area contributed by atoms with Crippen molar-refractivity contribution >= 4 is 39.9 Å². The molecule has 0 bridgehead atoms. The predicted octanol–water partition coefficient (Wildman–Crippen LogP) is 4.52. The van der Waals surface area contributed by atoms with E-state index in [-0.39, 0.29) is 17.5 Å². The number of nitrogens with zero attached hydrogens (tertiary/aromatic N) is 2. The molecule has 34 heavy (non-hydrogen) atoms. The zero-order chi connectivity index (χ0) is 24.4. The van der Waals surface area contributed by atoms with Crippen molar-refractivity contribution in [2.75, 3.05) is 19.0 Å². The molecule has 0 radical (unpaired) electrons. The fourth-order valence-corrected chi connectivity index (χ4v) is 4.19. The number of rotatable bonds is 7. The smallest absolute Gasteiger partial charge is 0.268 e. The van der Waals surface area contributed by atoms with E-state index in [2.05, 4.69) is 5.32 Å². The number of hydrogen-bond acceptors (Lipinski definition) is 4. The second-order valence-corrected chi connectivity index (χ2v) is 8.74. The van der Waals surface area contributed by atoms with Crippen molar-refractivity contribution in [2.45, 2.75) is 12.6 Å². The minimum atomic E-state index is -0.786. The van der Waals surface area contributed by atoms with Crippen molar-refractivity contribution in [1.82, 2.24) is 9.88 Å². The maximum absolute atomic E-state index is 13.4. The van der Waals surface area contributed by atoms with Gasteiger partial charge in [-0.3, -0.25) is 10.2 Å². The number of hydrogen-bond donors (Lipinski definition) is 4. The van der Waals surface area contributed by atoms with Gasteiger partial charge in [0.25, 0.3) is 5.91 Å². The van der Waals surface area contributed by atoms with Crippen LogP contribution >= 0.6 is 11.6 Å². The Kier molecular flexibility index (Phi) is 6.47. The van der Waals surface area contributed by atoms with E-state index in [0.29, 0.717) is 28.3 Å². The van der Waals surface area contributed by atoms with Crippen molar-refractivity contribution in [3.63, 3.8) is 0 Å². The third-order valence-corrected chi connectivity index (χ3v) is 5.91. The van der Waals surface area contributed by atoms with E-state index in [1.54, 1.807) is 53.1 Å². The van der Waals surface area contributed by atoms with Gasteiger partial charge in [0.05, 0.1) is 0 Å². The maximum atomic E-state index is 13.4. The van der Waals surface area contributed by atoms with Crippen LogP contribution in [0.15, 0.2) is 72.8 Å². The van der Waals surface area contributed by atoms with Gasteiger partial charge >= 0.3 is 0 Å². The molecule has 0 aliphatic heterocycles. The summed E-state index contributed by atoms with van der Waals surface area (Å²) in [7, 11) is 3.94. The normalized spacial score (nSPS) is 11.9. The number of aromatic hydroxyl groups is 1. The quantitative estimate of drug-likeness (QED) is 0.233. The molecular weight excluding hydrogens is 450 g/mol. The van der Waals surface area contributed by atoms with Gasteiger partial charge in [0, 0.05) is 42.3 Å². The summed E-state index contributed by atoms with van der Waals surface area (Å²) in [4.78, 5) is 15.4. The molecule has 1 atom stereocenters. The summed E-state index contributed by atoms with van der Waals surface area (Å²) in [6.45, 7) is 0.339. The number of amidine groups is 1. The van der Waals surface area contributed by atoms with E-state index < -0.39 is 6.04 Å². The fourth-order valence-electron chi connectivity index (χ4n) is 4.01. The number of phenolic OH excluding ortho intramolecular Hbond substituents is 1. The van der Waals surface area contributed by atoms with Crippen LogP contribution in [0.3, 0.4) is 0 Å². The lowest BCUT2D eigenvalue weighted by molar-refractivity contribution is 0.0942. The summed E-state index contributed by atoms with van der Waals surface area (Å²) in [6, 6.07) is 20.7. The molecule has 0 fully saturated rings. The summed E-state index contributed by atoms with van der Waals surface area (Å²) >= 11 is 6.20. The third kappa shape index (κ3) is 4.70. The lowest BCUT2D eigenvalue weighted by atomic mass is 10.0. The largest absolute Gasteiger partial charge is 0.508 e. The monoisotopic (exact) mass is 475 g/mol. The van der Waals surface area contributed by atoms with Crippen LogP contribution in [0.5, 0.6) is 5.75 Å². The molecule has 0 saturated carbocycles. The molecule has 0 spiro atoms. The van der Waals surface area contributed by atoms with Gasteiger partial charge in [-0.05, 0) is 59.7 Å². The highest BCUT2D eigenvalue weighted by atomic mass is 35.5. The second-order valence-electron chi connectivity index (χ2n) is 8.30. The molecule has 1 heterocycles. The van der Waals surface area contributed by atoms with E-state index in [4.69, 9.17) is 22.7 Å². The Hall–Kier alpha value is -3.97.